The number of aromatic nitrogens is 2. The van der Waals surface area contributed by atoms with Crippen LogP contribution in [0.5, 0.6) is 0 Å². The molecule has 0 saturated heterocycles. The van der Waals surface area contributed by atoms with Crippen LogP contribution in [0.1, 0.15) is 35.3 Å². The smallest absolute Gasteiger partial charge is 0.188 e. The Morgan fingerprint density at radius 2 is 2.00 bits per heavy atom. The Balaban J connectivity index is 1.98. The number of benzene rings is 1. The van der Waals surface area contributed by atoms with Gasteiger partial charge in [-0.2, -0.15) is 5.10 Å². The molecule has 0 spiro atoms. The molecule has 20 heavy (non-hydrogen) atoms. The van der Waals surface area contributed by atoms with E-state index in [9.17, 15) is 8.42 Å². The van der Waals surface area contributed by atoms with Crippen molar-refractivity contribution >= 4 is 9.84 Å². The second kappa shape index (κ2) is 4.74. The third-order valence-electron chi connectivity index (χ3n) is 4.07. The van der Waals surface area contributed by atoms with Gasteiger partial charge in [-0.25, -0.2) is 8.42 Å². The summed E-state index contributed by atoms with van der Waals surface area (Å²) >= 11 is 0. The number of rotatable bonds is 3. The molecule has 0 saturated carbocycles. The second-order valence-electron chi connectivity index (χ2n) is 5.42. The molecule has 1 aliphatic rings. The van der Waals surface area contributed by atoms with E-state index in [1.54, 1.807) is 20.2 Å². The molecule has 4 nitrogen and oxygen atoms in total. The van der Waals surface area contributed by atoms with E-state index in [1.165, 1.54) is 28.4 Å². The lowest BCUT2D eigenvalue weighted by Gasteiger charge is -2.13. The van der Waals surface area contributed by atoms with E-state index in [0.717, 1.165) is 18.4 Å². The van der Waals surface area contributed by atoms with Crippen molar-refractivity contribution in [3.63, 3.8) is 0 Å². The van der Waals surface area contributed by atoms with Gasteiger partial charge in [0.2, 0.25) is 0 Å². The van der Waals surface area contributed by atoms with Crippen LogP contribution in [0.2, 0.25) is 0 Å². The van der Waals surface area contributed by atoms with Crippen LogP contribution in [0.15, 0.2) is 35.5 Å². The summed E-state index contributed by atoms with van der Waals surface area (Å²) < 4.78 is 26.7. The van der Waals surface area contributed by atoms with Gasteiger partial charge in [0.1, 0.15) is 4.90 Å². The first-order chi connectivity index (χ1) is 9.48. The predicted octanol–water partition coefficient (Wildman–Crippen LogP) is 2.44. The van der Waals surface area contributed by atoms with Gasteiger partial charge in [-0.1, -0.05) is 18.2 Å². The molecule has 0 aliphatic heterocycles. The summed E-state index contributed by atoms with van der Waals surface area (Å²) in [6, 6.07) is 6.08. The molecule has 1 aromatic carbocycles. The highest BCUT2D eigenvalue weighted by Crippen LogP contribution is 2.31. The SMILES string of the molecule is CC(c1ccc2c(c1)CCC2)S(=O)(=O)c1cnn(C)c1. The van der Waals surface area contributed by atoms with E-state index >= 15 is 0 Å². The highest BCUT2D eigenvalue weighted by atomic mass is 32.2. The average Bonchev–Trinajstić information content (AvgIpc) is 3.05. The molecule has 0 bridgehead atoms. The number of aryl methyl sites for hydroxylation is 3. The van der Waals surface area contributed by atoms with E-state index < -0.39 is 15.1 Å². The molecule has 0 fully saturated rings. The van der Waals surface area contributed by atoms with Gasteiger partial charge in [0.25, 0.3) is 0 Å². The Bertz CT molecular complexity index is 747. The van der Waals surface area contributed by atoms with Gasteiger partial charge in [-0.3, -0.25) is 4.68 Å². The monoisotopic (exact) mass is 290 g/mol. The van der Waals surface area contributed by atoms with E-state index in [4.69, 9.17) is 0 Å². The Morgan fingerprint density at radius 3 is 2.70 bits per heavy atom. The largest absolute Gasteiger partial charge is 0.274 e. The first-order valence-corrected chi connectivity index (χ1v) is 8.37. The summed E-state index contributed by atoms with van der Waals surface area (Å²) in [7, 11) is -1.65. The maximum Gasteiger partial charge on any atom is 0.188 e. The van der Waals surface area contributed by atoms with E-state index in [2.05, 4.69) is 17.2 Å². The minimum absolute atomic E-state index is 0.285. The van der Waals surface area contributed by atoms with Crippen molar-refractivity contribution in [1.82, 2.24) is 9.78 Å². The molecule has 0 N–H and O–H groups in total. The zero-order valence-corrected chi connectivity index (χ0v) is 12.5. The summed E-state index contributed by atoms with van der Waals surface area (Å²) in [6.45, 7) is 1.75. The van der Waals surface area contributed by atoms with Gasteiger partial charge in [0.05, 0.1) is 11.4 Å². The summed E-state index contributed by atoms with van der Waals surface area (Å²) in [5.74, 6) is 0. The molecule has 106 valence electrons. The van der Waals surface area contributed by atoms with Crippen molar-refractivity contribution in [1.29, 1.82) is 0 Å². The molecule has 1 atom stereocenters. The third kappa shape index (κ3) is 2.16. The highest BCUT2D eigenvalue weighted by molar-refractivity contribution is 7.91. The number of hydrogen-bond donors (Lipinski definition) is 0. The van der Waals surface area contributed by atoms with Gasteiger partial charge in [-0.05, 0) is 42.9 Å². The molecular weight excluding hydrogens is 272 g/mol. The molecule has 5 heteroatoms. The van der Waals surface area contributed by atoms with Gasteiger partial charge in [0.15, 0.2) is 9.84 Å². The number of nitrogens with zero attached hydrogens (tertiary/aromatic N) is 2. The quantitative estimate of drug-likeness (QED) is 0.872. The second-order valence-corrected chi connectivity index (χ2v) is 7.69. The van der Waals surface area contributed by atoms with Crippen molar-refractivity contribution in [2.24, 2.45) is 7.05 Å². The number of hydrogen-bond acceptors (Lipinski definition) is 3. The van der Waals surface area contributed by atoms with E-state index in [-0.39, 0.29) is 4.90 Å². The van der Waals surface area contributed by atoms with Crippen molar-refractivity contribution in [3.8, 4) is 0 Å². The molecule has 3 rings (SSSR count). The predicted molar refractivity (Wildman–Crippen MR) is 77.3 cm³/mol. The summed E-state index contributed by atoms with van der Waals surface area (Å²) in [4.78, 5) is 0.285. The Labute approximate surface area is 119 Å². The van der Waals surface area contributed by atoms with Crippen LogP contribution < -0.4 is 0 Å². The Hall–Kier alpha value is -1.62. The van der Waals surface area contributed by atoms with Crippen molar-refractivity contribution in [2.75, 3.05) is 0 Å². The molecule has 0 amide bonds. The van der Waals surface area contributed by atoms with Crippen LogP contribution in [-0.4, -0.2) is 18.2 Å². The maximum atomic E-state index is 12.6. The van der Waals surface area contributed by atoms with Crippen molar-refractivity contribution < 1.29 is 8.42 Å². The third-order valence-corrected chi connectivity index (χ3v) is 6.14. The standard InChI is InChI=1S/C15H18N2O2S/c1-11(20(18,19)15-9-16-17(2)10-15)13-7-6-12-4-3-5-14(12)8-13/h6-11H,3-5H2,1-2H3. The fraction of sp³-hybridized carbons (Fsp3) is 0.400. The summed E-state index contributed by atoms with van der Waals surface area (Å²) in [5, 5.41) is 3.41. The molecule has 2 aromatic rings. The van der Waals surface area contributed by atoms with Gasteiger partial charge in [0, 0.05) is 13.2 Å². The van der Waals surface area contributed by atoms with E-state index in [1.807, 2.05) is 6.07 Å². The van der Waals surface area contributed by atoms with Crippen LogP contribution in [0.4, 0.5) is 0 Å². The molecule has 1 aromatic heterocycles. The first-order valence-electron chi connectivity index (χ1n) is 6.83. The lowest BCUT2D eigenvalue weighted by Crippen LogP contribution is -2.10. The molecule has 0 radical (unpaired) electrons. The first kappa shape index (κ1) is 13.4. The lowest BCUT2D eigenvalue weighted by atomic mass is 10.0. The minimum atomic E-state index is -3.37. The van der Waals surface area contributed by atoms with E-state index in [0.29, 0.717) is 0 Å². The van der Waals surface area contributed by atoms with Gasteiger partial charge < -0.3 is 0 Å². The lowest BCUT2D eigenvalue weighted by molar-refractivity contribution is 0.586. The number of fused-ring (bicyclic) bond motifs is 1. The van der Waals surface area contributed by atoms with Crippen LogP contribution in [0.3, 0.4) is 0 Å². The maximum absolute atomic E-state index is 12.6. The molecule has 1 aliphatic carbocycles. The van der Waals surface area contributed by atoms with Crippen LogP contribution in [0, 0.1) is 0 Å². The fourth-order valence-electron chi connectivity index (χ4n) is 2.77. The Morgan fingerprint density at radius 1 is 1.25 bits per heavy atom. The molecule has 1 unspecified atom stereocenters. The normalized spacial score (nSPS) is 16.1. The zero-order chi connectivity index (χ0) is 14.3. The highest BCUT2D eigenvalue weighted by Gasteiger charge is 2.27. The van der Waals surface area contributed by atoms with Crippen molar-refractivity contribution in [3.05, 3.63) is 47.3 Å². The summed E-state index contributed by atoms with van der Waals surface area (Å²) in [5.41, 5.74) is 3.53. The van der Waals surface area contributed by atoms with Crippen molar-refractivity contribution in [2.45, 2.75) is 36.3 Å². The Kier molecular flexibility index (Phi) is 3.17. The molecular formula is C15H18N2O2S. The fourth-order valence-corrected chi connectivity index (χ4v) is 4.18. The van der Waals surface area contributed by atoms with Gasteiger partial charge in [-0.15, -0.1) is 0 Å². The van der Waals surface area contributed by atoms with Crippen LogP contribution in [0.25, 0.3) is 0 Å². The molecule has 1 heterocycles. The minimum Gasteiger partial charge on any atom is -0.274 e. The zero-order valence-electron chi connectivity index (χ0n) is 11.7. The topological polar surface area (TPSA) is 52.0 Å². The van der Waals surface area contributed by atoms with Crippen LogP contribution >= 0.6 is 0 Å². The number of sulfone groups is 1. The van der Waals surface area contributed by atoms with Gasteiger partial charge >= 0.3 is 0 Å². The summed E-state index contributed by atoms with van der Waals surface area (Å²) in [6.07, 6.45) is 6.31. The van der Waals surface area contributed by atoms with Crippen LogP contribution in [-0.2, 0) is 29.7 Å². The average molecular weight is 290 g/mol.